The predicted octanol–water partition coefficient (Wildman–Crippen LogP) is 2.09. The Hall–Kier alpha value is -2.75. The van der Waals surface area contributed by atoms with E-state index in [1.807, 2.05) is 0 Å². The van der Waals surface area contributed by atoms with Crippen molar-refractivity contribution in [1.29, 1.82) is 0 Å². The van der Waals surface area contributed by atoms with E-state index in [2.05, 4.69) is 0 Å². The topological polar surface area (TPSA) is 71.4 Å². The van der Waals surface area contributed by atoms with E-state index in [0.29, 0.717) is 22.3 Å². The van der Waals surface area contributed by atoms with Gasteiger partial charge in [0.2, 0.25) is 0 Å². The van der Waals surface area contributed by atoms with Crippen LogP contribution in [0.4, 0.5) is 0 Å². The van der Waals surface area contributed by atoms with Gasteiger partial charge in [-0.2, -0.15) is 0 Å². The first-order valence-corrected chi connectivity index (χ1v) is 6.11. The number of rotatable bonds is 2. The molecule has 2 aromatic carbocycles. The second kappa shape index (κ2) is 4.42. The van der Waals surface area contributed by atoms with Gasteiger partial charge in [0.1, 0.15) is 0 Å². The Morgan fingerprint density at radius 3 is 2.00 bits per heavy atom. The number of carboxylic acids is 1. The van der Waals surface area contributed by atoms with Gasteiger partial charge in [-0.1, -0.05) is 36.4 Å². The summed E-state index contributed by atoms with van der Waals surface area (Å²) in [6.07, 6.45) is -0.170. The summed E-state index contributed by atoms with van der Waals surface area (Å²) < 4.78 is 0. The molecule has 98 valence electrons. The van der Waals surface area contributed by atoms with Gasteiger partial charge >= 0.3 is 5.97 Å². The van der Waals surface area contributed by atoms with Crippen molar-refractivity contribution in [2.24, 2.45) is 0 Å². The van der Waals surface area contributed by atoms with Gasteiger partial charge in [0.15, 0.2) is 11.6 Å². The highest BCUT2D eigenvalue weighted by molar-refractivity contribution is 6.28. The molecule has 0 aromatic heterocycles. The van der Waals surface area contributed by atoms with Crippen LogP contribution in [-0.4, -0.2) is 22.6 Å². The van der Waals surface area contributed by atoms with Crippen molar-refractivity contribution in [3.63, 3.8) is 0 Å². The third-order valence-corrected chi connectivity index (χ3v) is 3.34. The Labute approximate surface area is 114 Å². The van der Waals surface area contributed by atoms with Crippen LogP contribution in [0.2, 0.25) is 0 Å². The fraction of sp³-hybridized carbons (Fsp3) is 0.0625. The quantitative estimate of drug-likeness (QED) is 0.771. The van der Waals surface area contributed by atoms with Gasteiger partial charge in [-0.3, -0.25) is 14.4 Å². The second-order valence-corrected chi connectivity index (χ2v) is 4.65. The Balaban J connectivity index is 2.16. The van der Waals surface area contributed by atoms with Crippen molar-refractivity contribution >= 4 is 17.5 Å². The highest BCUT2D eigenvalue weighted by Gasteiger charge is 2.29. The molecule has 0 heterocycles. The lowest BCUT2D eigenvalue weighted by Crippen LogP contribution is -2.21. The van der Waals surface area contributed by atoms with Gasteiger partial charge in [0, 0.05) is 22.3 Å². The lowest BCUT2D eigenvalue weighted by atomic mass is 9.83. The molecule has 0 aliphatic heterocycles. The first-order chi connectivity index (χ1) is 9.58. The zero-order chi connectivity index (χ0) is 14.3. The van der Waals surface area contributed by atoms with E-state index in [-0.39, 0.29) is 23.6 Å². The molecule has 1 aliphatic carbocycles. The molecule has 0 saturated carbocycles. The summed E-state index contributed by atoms with van der Waals surface area (Å²) in [7, 11) is 0. The molecular weight excluding hydrogens is 256 g/mol. The van der Waals surface area contributed by atoms with E-state index in [1.165, 1.54) is 12.1 Å². The normalized spacial score (nSPS) is 12.8. The summed E-state index contributed by atoms with van der Waals surface area (Å²) in [4.78, 5) is 35.4. The maximum Gasteiger partial charge on any atom is 0.307 e. The molecule has 0 amide bonds. The summed E-state index contributed by atoms with van der Waals surface area (Å²) in [5.41, 5.74) is 1.90. The van der Waals surface area contributed by atoms with E-state index < -0.39 is 5.97 Å². The van der Waals surface area contributed by atoms with Crippen molar-refractivity contribution < 1.29 is 19.5 Å². The number of aliphatic carboxylic acids is 1. The van der Waals surface area contributed by atoms with Gasteiger partial charge < -0.3 is 5.11 Å². The van der Waals surface area contributed by atoms with Crippen LogP contribution in [0.1, 0.15) is 37.4 Å². The number of hydrogen-bond donors (Lipinski definition) is 1. The highest BCUT2D eigenvalue weighted by atomic mass is 16.4. The standard InChI is InChI=1S/C16H10O4/c17-14(18)8-9-5-6-12-13(7-9)16(20)11-4-2-1-3-10(11)15(12)19/h1-7H,8H2,(H,17,18). The third-order valence-electron chi connectivity index (χ3n) is 3.34. The van der Waals surface area contributed by atoms with Gasteiger partial charge in [-0.25, -0.2) is 0 Å². The van der Waals surface area contributed by atoms with Crippen LogP contribution in [-0.2, 0) is 11.2 Å². The minimum absolute atomic E-state index is 0.170. The summed E-state index contributed by atoms with van der Waals surface area (Å²) in [5.74, 6) is -1.40. The molecule has 0 bridgehead atoms. The molecule has 0 atom stereocenters. The Morgan fingerprint density at radius 1 is 0.850 bits per heavy atom. The predicted molar refractivity (Wildman–Crippen MR) is 71.1 cm³/mol. The lowest BCUT2D eigenvalue weighted by molar-refractivity contribution is -0.136. The minimum Gasteiger partial charge on any atom is -0.481 e. The molecule has 0 unspecified atom stereocenters. The number of carboxylic acid groups (broad SMARTS) is 1. The molecule has 1 N–H and O–H groups in total. The van der Waals surface area contributed by atoms with E-state index in [1.54, 1.807) is 30.3 Å². The number of ketones is 2. The van der Waals surface area contributed by atoms with Crippen molar-refractivity contribution in [3.8, 4) is 0 Å². The fourth-order valence-corrected chi connectivity index (χ4v) is 2.43. The summed E-state index contributed by atoms with van der Waals surface area (Å²) in [6.45, 7) is 0. The zero-order valence-electron chi connectivity index (χ0n) is 10.4. The first-order valence-electron chi connectivity index (χ1n) is 6.11. The molecule has 0 fully saturated rings. The molecule has 1 aliphatic rings. The van der Waals surface area contributed by atoms with Crippen molar-refractivity contribution in [3.05, 3.63) is 70.3 Å². The van der Waals surface area contributed by atoms with E-state index in [9.17, 15) is 14.4 Å². The second-order valence-electron chi connectivity index (χ2n) is 4.65. The van der Waals surface area contributed by atoms with E-state index in [4.69, 9.17) is 5.11 Å². The summed E-state index contributed by atoms with van der Waals surface area (Å²) in [5, 5.41) is 8.79. The fourth-order valence-electron chi connectivity index (χ4n) is 2.43. The highest BCUT2D eigenvalue weighted by Crippen LogP contribution is 2.27. The number of hydrogen-bond acceptors (Lipinski definition) is 3. The van der Waals surface area contributed by atoms with Gasteiger partial charge in [0.25, 0.3) is 0 Å². The van der Waals surface area contributed by atoms with Gasteiger partial charge in [-0.05, 0) is 11.6 Å². The van der Waals surface area contributed by atoms with Crippen LogP contribution < -0.4 is 0 Å². The molecule has 0 radical (unpaired) electrons. The molecule has 20 heavy (non-hydrogen) atoms. The van der Waals surface area contributed by atoms with Crippen molar-refractivity contribution in [2.45, 2.75) is 6.42 Å². The molecule has 2 aromatic rings. The smallest absolute Gasteiger partial charge is 0.307 e. The summed E-state index contributed by atoms with van der Waals surface area (Å²) in [6, 6.07) is 11.3. The van der Waals surface area contributed by atoms with Crippen LogP contribution in [0.15, 0.2) is 42.5 Å². The Bertz CT molecular complexity index is 759. The number of carbonyl (C=O) groups excluding carboxylic acids is 2. The molecule has 3 rings (SSSR count). The molecule has 4 nitrogen and oxygen atoms in total. The van der Waals surface area contributed by atoms with Crippen LogP contribution in [0.25, 0.3) is 0 Å². The maximum atomic E-state index is 12.4. The Morgan fingerprint density at radius 2 is 1.40 bits per heavy atom. The molecule has 4 heteroatoms. The minimum atomic E-state index is -0.972. The first kappa shape index (κ1) is 12.3. The molecular formula is C16H10O4. The van der Waals surface area contributed by atoms with Gasteiger partial charge in [-0.15, -0.1) is 0 Å². The largest absolute Gasteiger partial charge is 0.481 e. The third kappa shape index (κ3) is 1.82. The van der Waals surface area contributed by atoms with E-state index in [0.717, 1.165) is 0 Å². The zero-order valence-corrected chi connectivity index (χ0v) is 10.4. The maximum absolute atomic E-state index is 12.4. The SMILES string of the molecule is O=C(O)Cc1ccc2c(c1)C(=O)c1ccccc1C2=O. The van der Waals surface area contributed by atoms with Crippen LogP contribution >= 0.6 is 0 Å². The van der Waals surface area contributed by atoms with Crippen molar-refractivity contribution in [1.82, 2.24) is 0 Å². The average Bonchev–Trinajstić information content (AvgIpc) is 2.44. The van der Waals surface area contributed by atoms with E-state index >= 15 is 0 Å². The number of benzene rings is 2. The van der Waals surface area contributed by atoms with Crippen LogP contribution in [0, 0.1) is 0 Å². The molecule has 0 spiro atoms. The summed E-state index contributed by atoms with van der Waals surface area (Å²) >= 11 is 0. The Kier molecular flexibility index (Phi) is 2.71. The molecule has 0 saturated heterocycles. The van der Waals surface area contributed by atoms with Crippen LogP contribution in [0.5, 0.6) is 0 Å². The van der Waals surface area contributed by atoms with Gasteiger partial charge in [0.05, 0.1) is 6.42 Å². The average molecular weight is 266 g/mol. The number of carbonyl (C=O) groups is 3. The number of fused-ring (bicyclic) bond motifs is 2. The van der Waals surface area contributed by atoms with Crippen molar-refractivity contribution in [2.75, 3.05) is 0 Å². The van der Waals surface area contributed by atoms with Crippen LogP contribution in [0.3, 0.4) is 0 Å². The lowest BCUT2D eigenvalue weighted by Gasteiger charge is -2.17. The monoisotopic (exact) mass is 266 g/mol.